The van der Waals surface area contributed by atoms with Gasteiger partial charge in [-0.25, -0.2) is 4.68 Å². The Balaban J connectivity index is 2.79. The average Bonchev–Trinajstić information content (AvgIpc) is 2.52. The van der Waals surface area contributed by atoms with Crippen molar-refractivity contribution in [3.63, 3.8) is 0 Å². The average molecular weight is 252 g/mol. The molecular weight excluding hydrogens is 239 g/mol. The minimum Gasteiger partial charge on any atom is -0.308 e. The van der Waals surface area contributed by atoms with Crippen molar-refractivity contribution in [1.29, 1.82) is 0 Å². The van der Waals surface area contributed by atoms with Crippen molar-refractivity contribution in [2.75, 3.05) is 13.2 Å². The van der Waals surface area contributed by atoms with Crippen LogP contribution < -0.4 is 0 Å². The summed E-state index contributed by atoms with van der Waals surface area (Å²) in [5.74, 6) is 0. The first kappa shape index (κ1) is 12.5. The normalized spacial score (nSPS) is 11.9. The number of aromatic nitrogens is 4. The molecule has 1 heterocycles. The van der Waals surface area contributed by atoms with E-state index >= 15 is 0 Å². The lowest BCUT2D eigenvalue weighted by atomic mass is 10.9. The van der Waals surface area contributed by atoms with Gasteiger partial charge in [-0.2, -0.15) is 5.21 Å². The van der Waals surface area contributed by atoms with Gasteiger partial charge in [-0.1, -0.05) is 10.3 Å². The summed E-state index contributed by atoms with van der Waals surface area (Å²) in [6, 6.07) is 0. The molecule has 15 heavy (non-hydrogen) atoms. The second kappa shape index (κ2) is 5.50. The minimum atomic E-state index is -3.15. The Bertz CT molecular complexity index is 393. The molecule has 0 bridgehead atoms. The van der Waals surface area contributed by atoms with Gasteiger partial charge in [0.05, 0.1) is 13.2 Å². The highest BCUT2D eigenvalue weighted by Gasteiger charge is 2.25. The van der Waals surface area contributed by atoms with E-state index in [1.165, 1.54) is 4.68 Å². The molecule has 86 valence electrons. The van der Waals surface area contributed by atoms with E-state index in [2.05, 4.69) is 15.5 Å². The van der Waals surface area contributed by atoms with Gasteiger partial charge in [-0.15, -0.1) is 0 Å². The highest BCUT2D eigenvalue weighted by molar-refractivity contribution is 7.71. The summed E-state index contributed by atoms with van der Waals surface area (Å²) in [5, 5.41) is 9.54. The molecule has 1 aromatic rings. The molecule has 0 radical (unpaired) electrons. The standard InChI is InChI=1S/C6H13N4O3PS/c1-3-12-14(11,13-4-2)5-10-6(15)7-8-9-10/h3-5H2,1-2H3,(H,7,9,15). The molecule has 0 spiro atoms. The lowest BCUT2D eigenvalue weighted by Crippen LogP contribution is -2.06. The third-order valence-corrected chi connectivity index (χ3v) is 3.73. The minimum absolute atomic E-state index is 0.000509. The van der Waals surface area contributed by atoms with Crippen molar-refractivity contribution in [2.24, 2.45) is 0 Å². The summed E-state index contributed by atoms with van der Waals surface area (Å²) in [4.78, 5) is 0. The molecule has 7 nitrogen and oxygen atoms in total. The van der Waals surface area contributed by atoms with Crippen molar-refractivity contribution < 1.29 is 13.6 Å². The molecule has 0 aliphatic rings. The maximum atomic E-state index is 12.0. The number of H-pyrrole nitrogens is 1. The molecule has 0 aromatic carbocycles. The van der Waals surface area contributed by atoms with Crippen LogP contribution in [0.4, 0.5) is 0 Å². The van der Waals surface area contributed by atoms with Crippen LogP contribution in [0.5, 0.6) is 0 Å². The van der Waals surface area contributed by atoms with Crippen LogP contribution in [-0.4, -0.2) is 33.4 Å². The van der Waals surface area contributed by atoms with E-state index in [0.29, 0.717) is 13.2 Å². The fourth-order valence-electron chi connectivity index (χ4n) is 0.994. The summed E-state index contributed by atoms with van der Waals surface area (Å²) in [6.45, 7) is 4.12. The highest BCUT2D eigenvalue weighted by atomic mass is 32.1. The Hall–Kier alpha value is -0.560. The molecule has 0 aliphatic heterocycles. The fourth-order valence-corrected chi connectivity index (χ4v) is 2.80. The molecule has 0 saturated heterocycles. The Morgan fingerprint density at radius 2 is 2.07 bits per heavy atom. The maximum Gasteiger partial charge on any atom is 0.352 e. The Kier molecular flexibility index (Phi) is 4.59. The van der Waals surface area contributed by atoms with E-state index in [1.54, 1.807) is 13.8 Å². The summed E-state index contributed by atoms with van der Waals surface area (Å²) in [5.41, 5.74) is 0. The first-order chi connectivity index (χ1) is 7.11. The van der Waals surface area contributed by atoms with E-state index in [4.69, 9.17) is 21.3 Å². The zero-order valence-electron chi connectivity index (χ0n) is 8.54. The lowest BCUT2D eigenvalue weighted by molar-refractivity contribution is 0.212. The van der Waals surface area contributed by atoms with Crippen LogP contribution in [0, 0.1) is 4.77 Å². The molecule has 0 atom stereocenters. The molecule has 0 saturated carbocycles. The van der Waals surface area contributed by atoms with Crippen LogP contribution in [0.3, 0.4) is 0 Å². The molecule has 1 aromatic heterocycles. The van der Waals surface area contributed by atoms with Crippen LogP contribution in [0.1, 0.15) is 13.8 Å². The smallest absolute Gasteiger partial charge is 0.308 e. The van der Waals surface area contributed by atoms with Crippen LogP contribution in [0.15, 0.2) is 0 Å². The molecule has 9 heteroatoms. The van der Waals surface area contributed by atoms with Gasteiger partial charge in [0.2, 0.25) is 4.77 Å². The van der Waals surface area contributed by atoms with Crippen LogP contribution >= 0.6 is 19.8 Å². The summed E-state index contributed by atoms with van der Waals surface area (Å²) in [7, 11) is -3.15. The van der Waals surface area contributed by atoms with Gasteiger partial charge < -0.3 is 9.05 Å². The SMILES string of the molecule is CCOP(=O)(Cn1[nH]nnc1=S)OCC. The van der Waals surface area contributed by atoms with Gasteiger partial charge in [0.25, 0.3) is 0 Å². The topological polar surface area (TPSA) is 82.0 Å². The number of hydrogen-bond donors (Lipinski definition) is 1. The van der Waals surface area contributed by atoms with Crippen molar-refractivity contribution >= 4 is 19.8 Å². The van der Waals surface area contributed by atoms with E-state index in [-0.39, 0.29) is 11.1 Å². The number of tetrazole rings is 1. The van der Waals surface area contributed by atoms with Crippen LogP contribution in [0.2, 0.25) is 0 Å². The predicted octanol–water partition coefficient (Wildman–Crippen LogP) is 1.56. The molecule has 0 amide bonds. The van der Waals surface area contributed by atoms with Gasteiger partial charge in [0, 0.05) is 0 Å². The van der Waals surface area contributed by atoms with Crippen molar-refractivity contribution in [3.8, 4) is 0 Å². The van der Waals surface area contributed by atoms with Crippen LogP contribution in [0.25, 0.3) is 0 Å². The van der Waals surface area contributed by atoms with E-state index in [0.717, 1.165) is 0 Å². The Labute approximate surface area is 92.3 Å². The zero-order valence-corrected chi connectivity index (χ0v) is 10.3. The monoisotopic (exact) mass is 252 g/mol. The highest BCUT2D eigenvalue weighted by Crippen LogP contribution is 2.49. The second-order valence-electron chi connectivity index (χ2n) is 2.60. The number of aromatic amines is 1. The number of rotatable bonds is 6. The quantitative estimate of drug-likeness (QED) is 0.611. The summed E-state index contributed by atoms with van der Waals surface area (Å²) >= 11 is 4.85. The molecule has 1 N–H and O–H groups in total. The van der Waals surface area contributed by atoms with E-state index < -0.39 is 7.60 Å². The van der Waals surface area contributed by atoms with Crippen molar-refractivity contribution in [2.45, 2.75) is 20.1 Å². The first-order valence-corrected chi connectivity index (χ1v) is 6.61. The Morgan fingerprint density at radius 3 is 2.47 bits per heavy atom. The third kappa shape index (κ3) is 3.49. The van der Waals surface area contributed by atoms with E-state index in [9.17, 15) is 4.57 Å². The first-order valence-electron chi connectivity index (χ1n) is 4.47. The van der Waals surface area contributed by atoms with Crippen LogP contribution in [-0.2, 0) is 19.9 Å². The summed E-state index contributed by atoms with van der Waals surface area (Å²) in [6.07, 6.45) is 0.000509. The summed E-state index contributed by atoms with van der Waals surface area (Å²) < 4.78 is 23.8. The zero-order chi connectivity index (χ0) is 11.3. The molecule has 0 aliphatic carbocycles. The number of nitrogens with zero attached hydrogens (tertiary/aromatic N) is 3. The third-order valence-electron chi connectivity index (χ3n) is 1.50. The maximum absolute atomic E-state index is 12.0. The van der Waals surface area contributed by atoms with Gasteiger partial charge >= 0.3 is 7.60 Å². The lowest BCUT2D eigenvalue weighted by Gasteiger charge is -2.16. The van der Waals surface area contributed by atoms with Gasteiger partial charge in [0.15, 0.2) is 0 Å². The van der Waals surface area contributed by atoms with E-state index in [1.807, 2.05) is 0 Å². The second-order valence-corrected chi connectivity index (χ2v) is 4.98. The largest absolute Gasteiger partial charge is 0.352 e. The molecule has 1 rings (SSSR count). The van der Waals surface area contributed by atoms with Crippen molar-refractivity contribution in [1.82, 2.24) is 20.2 Å². The van der Waals surface area contributed by atoms with Gasteiger partial charge in [-0.3, -0.25) is 4.57 Å². The van der Waals surface area contributed by atoms with Gasteiger partial charge in [0.1, 0.15) is 6.29 Å². The van der Waals surface area contributed by atoms with Crippen molar-refractivity contribution in [3.05, 3.63) is 4.77 Å². The van der Waals surface area contributed by atoms with Gasteiger partial charge in [-0.05, 0) is 26.1 Å². The Morgan fingerprint density at radius 1 is 1.47 bits per heavy atom. The number of nitrogens with one attached hydrogen (secondary N) is 1. The predicted molar refractivity (Wildman–Crippen MR) is 56.1 cm³/mol. The molecular formula is C6H13N4O3PS. The number of hydrogen-bond acceptors (Lipinski definition) is 6. The molecule has 0 unspecified atom stereocenters. The molecule has 0 fully saturated rings. The fraction of sp³-hybridized carbons (Fsp3) is 0.833.